The second kappa shape index (κ2) is 6.82. The number of carbonyl (C=O) groups is 3. The molecule has 0 saturated heterocycles. The molecule has 0 atom stereocenters. The Balaban J connectivity index is 2.44. The van der Waals surface area contributed by atoms with Gasteiger partial charge in [0.05, 0.1) is 13.2 Å². The zero-order valence-corrected chi connectivity index (χ0v) is 12.7. The number of carboxylic acid groups (broad SMARTS) is 1. The Kier molecular flexibility index (Phi) is 4.85. The molecule has 0 spiro atoms. The molecule has 122 valence electrons. The quantitative estimate of drug-likeness (QED) is 0.835. The molecule has 2 aromatic rings. The Hall–Kier alpha value is -3.03. The van der Waals surface area contributed by atoms with Crippen molar-refractivity contribution >= 4 is 28.9 Å². The van der Waals surface area contributed by atoms with E-state index in [4.69, 9.17) is 9.15 Å². The minimum Gasteiger partial charge on any atom is -0.475 e. The Morgan fingerprint density at radius 2 is 2.00 bits per heavy atom. The molecule has 2 N–H and O–H groups in total. The number of para-hydroxylation sites is 1. The average Bonchev–Trinajstić information content (AvgIpc) is 2.85. The van der Waals surface area contributed by atoms with Crippen molar-refractivity contribution < 1.29 is 28.6 Å². The van der Waals surface area contributed by atoms with Crippen LogP contribution >= 0.6 is 0 Å². The van der Waals surface area contributed by atoms with E-state index in [1.165, 1.54) is 6.92 Å². The first kappa shape index (κ1) is 16.3. The normalized spacial score (nSPS) is 10.3. The monoisotopic (exact) mass is 320 g/mol. The van der Waals surface area contributed by atoms with Gasteiger partial charge in [-0.1, -0.05) is 18.2 Å². The van der Waals surface area contributed by atoms with E-state index < -0.39 is 18.0 Å². The Morgan fingerprint density at radius 1 is 1.30 bits per heavy atom. The van der Waals surface area contributed by atoms with Gasteiger partial charge < -0.3 is 14.3 Å². The molecule has 2 amide bonds. The van der Waals surface area contributed by atoms with Crippen LogP contribution in [0.15, 0.2) is 28.7 Å². The highest BCUT2D eigenvalue weighted by Gasteiger charge is 2.25. The summed E-state index contributed by atoms with van der Waals surface area (Å²) in [6, 6.07) is 6.73. The molecule has 0 saturated carbocycles. The second-order valence-electron chi connectivity index (χ2n) is 4.66. The lowest BCUT2D eigenvalue weighted by atomic mass is 10.1. The topological polar surface area (TPSA) is 109 Å². The van der Waals surface area contributed by atoms with Crippen LogP contribution in [0.25, 0.3) is 11.0 Å². The predicted molar refractivity (Wildman–Crippen MR) is 79.6 cm³/mol. The van der Waals surface area contributed by atoms with Crippen molar-refractivity contribution in [1.82, 2.24) is 10.4 Å². The molecule has 1 aromatic heterocycles. The maximum absolute atomic E-state index is 11.9. The number of nitrogens with zero attached hydrogens (tertiary/aromatic N) is 1. The molecule has 2 rings (SSSR count). The summed E-state index contributed by atoms with van der Waals surface area (Å²) in [6.45, 7) is 2.78. The number of hydrogen-bond donors (Lipinski definition) is 2. The highest BCUT2D eigenvalue weighted by atomic mass is 16.6. The standard InChI is InChI=1S/C15H16N2O6/c1-3-22-15(21)17(16-9(2)18)8-11-10-6-4-5-7-12(10)23-13(11)14(19)20/h4-7H,3,8H2,1-2H3,(H,16,18)(H,19,20). The zero-order valence-electron chi connectivity index (χ0n) is 12.7. The van der Waals surface area contributed by atoms with Crippen LogP contribution in [0.3, 0.4) is 0 Å². The van der Waals surface area contributed by atoms with Crippen LogP contribution in [0.2, 0.25) is 0 Å². The summed E-state index contributed by atoms with van der Waals surface area (Å²) in [5.41, 5.74) is 2.97. The molecular formula is C15H16N2O6. The summed E-state index contributed by atoms with van der Waals surface area (Å²) in [7, 11) is 0. The maximum Gasteiger partial charge on any atom is 0.428 e. The third-order valence-electron chi connectivity index (χ3n) is 2.99. The summed E-state index contributed by atoms with van der Waals surface area (Å²) in [6.07, 6.45) is -0.788. The van der Waals surface area contributed by atoms with Crippen LogP contribution in [-0.2, 0) is 16.1 Å². The Bertz CT molecular complexity index is 752. The molecule has 0 fully saturated rings. The number of rotatable bonds is 4. The lowest BCUT2D eigenvalue weighted by Crippen LogP contribution is -2.45. The van der Waals surface area contributed by atoms with Gasteiger partial charge >= 0.3 is 12.1 Å². The number of amides is 2. The average molecular weight is 320 g/mol. The maximum atomic E-state index is 11.9. The SMILES string of the molecule is CCOC(=O)N(Cc1c(C(=O)O)oc2ccccc12)NC(C)=O. The number of hydrogen-bond acceptors (Lipinski definition) is 5. The van der Waals surface area contributed by atoms with E-state index in [0.29, 0.717) is 11.0 Å². The Morgan fingerprint density at radius 3 is 2.61 bits per heavy atom. The van der Waals surface area contributed by atoms with Crippen molar-refractivity contribution in [2.75, 3.05) is 6.61 Å². The van der Waals surface area contributed by atoms with E-state index in [1.54, 1.807) is 31.2 Å². The summed E-state index contributed by atoms with van der Waals surface area (Å²) in [5.74, 6) is -2.03. The first-order valence-electron chi connectivity index (χ1n) is 6.89. The van der Waals surface area contributed by atoms with E-state index >= 15 is 0 Å². The fourth-order valence-electron chi connectivity index (χ4n) is 2.13. The molecule has 8 nitrogen and oxygen atoms in total. The lowest BCUT2D eigenvalue weighted by molar-refractivity contribution is -0.123. The first-order chi connectivity index (χ1) is 10.9. The Labute approximate surface area is 131 Å². The van der Waals surface area contributed by atoms with Crippen molar-refractivity contribution in [2.24, 2.45) is 0 Å². The second-order valence-corrected chi connectivity index (χ2v) is 4.66. The molecule has 0 aliphatic carbocycles. The van der Waals surface area contributed by atoms with E-state index in [2.05, 4.69) is 5.43 Å². The van der Waals surface area contributed by atoms with E-state index in [1.807, 2.05) is 0 Å². The minimum absolute atomic E-state index is 0.118. The highest BCUT2D eigenvalue weighted by Crippen LogP contribution is 2.27. The molecule has 0 radical (unpaired) electrons. The van der Waals surface area contributed by atoms with Crippen molar-refractivity contribution in [3.8, 4) is 0 Å². The number of nitrogens with one attached hydrogen (secondary N) is 1. The van der Waals surface area contributed by atoms with Crippen molar-refractivity contribution in [2.45, 2.75) is 20.4 Å². The third-order valence-corrected chi connectivity index (χ3v) is 2.99. The van der Waals surface area contributed by atoms with Gasteiger partial charge in [-0.25, -0.2) is 14.6 Å². The van der Waals surface area contributed by atoms with Crippen molar-refractivity contribution in [3.63, 3.8) is 0 Å². The van der Waals surface area contributed by atoms with Gasteiger partial charge in [-0.3, -0.25) is 10.2 Å². The molecule has 8 heteroatoms. The van der Waals surface area contributed by atoms with Crippen molar-refractivity contribution in [1.29, 1.82) is 0 Å². The van der Waals surface area contributed by atoms with Crippen LogP contribution in [0, 0.1) is 0 Å². The summed E-state index contributed by atoms with van der Waals surface area (Å²) in [5, 5.41) is 10.7. The van der Waals surface area contributed by atoms with Crippen LogP contribution < -0.4 is 5.43 Å². The number of hydrazine groups is 1. The number of fused-ring (bicyclic) bond motifs is 1. The van der Waals surface area contributed by atoms with Gasteiger partial charge in [0.25, 0.3) is 0 Å². The van der Waals surface area contributed by atoms with Gasteiger partial charge in [0.15, 0.2) is 0 Å². The van der Waals surface area contributed by atoms with Gasteiger partial charge in [-0.15, -0.1) is 0 Å². The summed E-state index contributed by atoms with van der Waals surface area (Å²) < 4.78 is 10.2. The minimum atomic E-state index is -1.26. The first-order valence-corrected chi connectivity index (χ1v) is 6.89. The number of aromatic carboxylic acids is 1. The van der Waals surface area contributed by atoms with Crippen LogP contribution in [0.1, 0.15) is 30.0 Å². The number of carbonyl (C=O) groups excluding carboxylic acids is 2. The van der Waals surface area contributed by atoms with E-state index in [0.717, 1.165) is 5.01 Å². The summed E-state index contributed by atoms with van der Waals surface area (Å²) in [4.78, 5) is 34.6. The number of carboxylic acids is 1. The lowest BCUT2D eigenvalue weighted by Gasteiger charge is -2.21. The fourth-order valence-corrected chi connectivity index (χ4v) is 2.13. The van der Waals surface area contributed by atoms with E-state index in [9.17, 15) is 19.5 Å². The summed E-state index contributed by atoms with van der Waals surface area (Å²) >= 11 is 0. The molecule has 1 aromatic carbocycles. The van der Waals surface area contributed by atoms with Crippen LogP contribution in [0.4, 0.5) is 4.79 Å². The molecular weight excluding hydrogens is 304 g/mol. The van der Waals surface area contributed by atoms with Crippen molar-refractivity contribution in [3.05, 3.63) is 35.6 Å². The van der Waals surface area contributed by atoms with Gasteiger partial charge in [0.2, 0.25) is 11.7 Å². The zero-order chi connectivity index (χ0) is 17.0. The molecule has 0 bridgehead atoms. The number of benzene rings is 1. The van der Waals surface area contributed by atoms with Gasteiger partial charge in [0, 0.05) is 17.9 Å². The van der Waals surface area contributed by atoms with Gasteiger partial charge in [0.1, 0.15) is 5.58 Å². The molecule has 0 aliphatic rings. The molecule has 1 heterocycles. The highest BCUT2D eigenvalue weighted by molar-refractivity contribution is 5.95. The van der Waals surface area contributed by atoms with Gasteiger partial charge in [-0.05, 0) is 13.0 Å². The largest absolute Gasteiger partial charge is 0.475 e. The van der Waals surface area contributed by atoms with E-state index in [-0.39, 0.29) is 24.5 Å². The molecule has 23 heavy (non-hydrogen) atoms. The van der Waals surface area contributed by atoms with Crippen LogP contribution in [-0.4, -0.2) is 34.7 Å². The smallest absolute Gasteiger partial charge is 0.428 e. The third kappa shape index (κ3) is 3.60. The predicted octanol–water partition coefficient (Wildman–Crippen LogP) is 2.14. The number of ether oxygens (including phenoxy) is 1. The van der Waals surface area contributed by atoms with Crippen LogP contribution in [0.5, 0.6) is 0 Å². The molecule has 0 unspecified atom stereocenters. The molecule has 0 aliphatic heterocycles. The number of furan rings is 1. The van der Waals surface area contributed by atoms with Gasteiger partial charge in [-0.2, -0.15) is 0 Å². The fraction of sp³-hybridized carbons (Fsp3) is 0.267.